The summed E-state index contributed by atoms with van der Waals surface area (Å²) in [7, 11) is 1.32. The molecule has 0 saturated heterocycles. The Bertz CT molecular complexity index is 1090. The first-order valence-corrected chi connectivity index (χ1v) is 10.1. The van der Waals surface area contributed by atoms with Crippen molar-refractivity contribution in [2.45, 2.75) is 31.6 Å². The van der Waals surface area contributed by atoms with Gasteiger partial charge in [0.2, 0.25) is 0 Å². The van der Waals surface area contributed by atoms with Gasteiger partial charge in [0.15, 0.2) is 5.78 Å². The van der Waals surface area contributed by atoms with Gasteiger partial charge in [0, 0.05) is 34.3 Å². The zero-order valence-corrected chi connectivity index (χ0v) is 17.4. The van der Waals surface area contributed by atoms with Gasteiger partial charge in [-0.25, -0.2) is 9.18 Å². The maximum absolute atomic E-state index is 13.3. The summed E-state index contributed by atoms with van der Waals surface area (Å²) in [5.74, 6) is -1.52. The van der Waals surface area contributed by atoms with Crippen LogP contribution in [-0.4, -0.2) is 18.9 Å². The number of benzene rings is 2. The van der Waals surface area contributed by atoms with Crippen LogP contribution in [0.15, 0.2) is 71.1 Å². The molecule has 30 heavy (non-hydrogen) atoms. The monoisotopic (exact) mass is 425 g/mol. The fourth-order valence-corrected chi connectivity index (χ4v) is 4.66. The van der Waals surface area contributed by atoms with Gasteiger partial charge in [-0.1, -0.05) is 41.9 Å². The highest BCUT2D eigenvalue weighted by atomic mass is 35.5. The molecule has 4 rings (SSSR count). The van der Waals surface area contributed by atoms with Gasteiger partial charge in [0.05, 0.1) is 12.7 Å². The number of carbonyl (C=O) groups is 2. The van der Waals surface area contributed by atoms with E-state index in [9.17, 15) is 14.0 Å². The number of dihydropyridines is 1. The van der Waals surface area contributed by atoms with Gasteiger partial charge in [-0.2, -0.15) is 0 Å². The smallest absolute Gasteiger partial charge is 0.336 e. The minimum absolute atomic E-state index is 0.0584. The second-order valence-electron chi connectivity index (χ2n) is 7.58. The van der Waals surface area contributed by atoms with Crippen LogP contribution in [0.3, 0.4) is 0 Å². The molecule has 2 aliphatic rings. The number of esters is 1. The van der Waals surface area contributed by atoms with E-state index in [1.165, 1.54) is 19.2 Å². The van der Waals surface area contributed by atoms with E-state index in [1.54, 1.807) is 25.1 Å². The Morgan fingerprint density at radius 3 is 2.50 bits per heavy atom. The summed E-state index contributed by atoms with van der Waals surface area (Å²) >= 11 is 6.47. The summed E-state index contributed by atoms with van der Waals surface area (Å²) in [6.45, 7) is 1.80. The molecule has 0 unspecified atom stereocenters. The van der Waals surface area contributed by atoms with Gasteiger partial charge in [0.25, 0.3) is 0 Å². The molecule has 2 atom stereocenters. The first-order chi connectivity index (χ1) is 14.4. The molecule has 0 radical (unpaired) electrons. The molecule has 1 aliphatic carbocycles. The number of hydrogen-bond acceptors (Lipinski definition) is 4. The van der Waals surface area contributed by atoms with E-state index >= 15 is 0 Å². The molecule has 0 aromatic heterocycles. The molecular weight excluding hydrogens is 405 g/mol. The Kier molecular flexibility index (Phi) is 5.48. The third kappa shape index (κ3) is 3.54. The van der Waals surface area contributed by atoms with Crippen molar-refractivity contribution >= 4 is 23.4 Å². The van der Waals surface area contributed by atoms with Crippen LogP contribution in [0.25, 0.3) is 0 Å². The van der Waals surface area contributed by atoms with Crippen LogP contribution >= 0.6 is 11.6 Å². The first-order valence-electron chi connectivity index (χ1n) is 9.73. The van der Waals surface area contributed by atoms with E-state index in [4.69, 9.17) is 16.3 Å². The standard InChI is InChI=1S/C24H21ClFNO3/c1-13-21(24(29)30-2)22(17-5-3-4-6-18(17)25)23-19(27-13)11-15(12-20(23)28)14-7-9-16(26)10-8-14/h3-10,15,22,27H,11-12H2,1-2H3/t15-,22+/m1/s1. The normalized spacial score (nSPS) is 21.3. The molecule has 4 nitrogen and oxygen atoms in total. The highest BCUT2D eigenvalue weighted by Crippen LogP contribution is 2.47. The Balaban J connectivity index is 1.82. The number of halogens is 2. The maximum Gasteiger partial charge on any atom is 0.336 e. The molecule has 1 aliphatic heterocycles. The van der Waals surface area contributed by atoms with Gasteiger partial charge < -0.3 is 10.1 Å². The lowest BCUT2D eigenvalue weighted by atomic mass is 9.71. The summed E-state index contributed by atoms with van der Waals surface area (Å²) in [6.07, 6.45) is 0.861. The summed E-state index contributed by atoms with van der Waals surface area (Å²) in [6, 6.07) is 13.5. The molecule has 6 heteroatoms. The van der Waals surface area contributed by atoms with Crippen LogP contribution in [0.5, 0.6) is 0 Å². The number of nitrogens with one attached hydrogen (secondary N) is 1. The number of ketones is 1. The lowest BCUT2D eigenvalue weighted by Crippen LogP contribution is -2.36. The Hall–Kier alpha value is -2.92. The van der Waals surface area contributed by atoms with E-state index in [-0.39, 0.29) is 23.9 Å². The minimum atomic E-state index is -0.593. The van der Waals surface area contributed by atoms with Crippen molar-refractivity contribution in [2.24, 2.45) is 0 Å². The lowest BCUT2D eigenvalue weighted by Gasteiger charge is -2.36. The van der Waals surface area contributed by atoms with Crippen LogP contribution in [0.4, 0.5) is 4.39 Å². The number of rotatable bonds is 3. The number of methoxy groups -OCH3 is 1. The van der Waals surface area contributed by atoms with Crippen LogP contribution in [0, 0.1) is 5.82 Å². The van der Waals surface area contributed by atoms with Crippen molar-refractivity contribution < 1.29 is 18.7 Å². The summed E-state index contributed by atoms with van der Waals surface area (Å²) in [5.41, 5.74) is 3.95. The van der Waals surface area contributed by atoms with Crippen LogP contribution in [0.1, 0.15) is 42.7 Å². The SMILES string of the molecule is COC(=O)C1=C(C)NC2=C(C(=O)C[C@H](c3ccc(F)cc3)C2)[C@H]1c1ccccc1Cl. The van der Waals surface area contributed by atoms with Gasteiger partial charge in [-0.05, 0) is 48.6 Å². The Morgan fingerprint density at radius 1 is 1.13 bits per heavy atom. The lowest BCUT2D eigenvalue weighted by molar-refractivity contribution is -0.136. The predicted octanol–water partition coefficient (Wildman–Crippen LogP) is 5.01. The molecule has 2 aromatic rings. The largest absolute Gasteiger partial charge is 0.466 e. The van der Waals surface area contributed by atoms with Crippen LogP contribution in [0.2, 0.25) is 5.02 Å². The van der Waals surface area contributed by atoms with Gasteiger partial charge >= 0.3 is 5.97 Å². The molecule has 0 spiro atoms. The highest BCUT2D eigenvalue weighted by Gasteiger charge is 2.41. The average Bonchev–Trinajstić information content (AvgIpc) is 2.73. The van der Waals surface area contributed by atoms with Gasteiger partial charge in [-0.3, -0.25) is 4.79 Å². The maximum atomic E-state index is 13.3. The van der Waals surface area contributed by atoms with Gasteiger partial charge in [-0.15, -0.1) is 0 Å². The number of hydrogen-bond donors (Lipinski definition) is 1. The first kappa shape index (κ1) is 20.4. The number of Topliss-reactive ketones (excluding diaryl/α,β-unsaturated/α-hetero) is 1. The predicted molar refractivity (Wildman–Crippen MR) is 112 cm³/mol. The minimum Gasteiger partial charge on any atom is -0.466 e. The molecular formula is C24H21ClFNO3. The fourth-order valence-electron chi connectivity index (χ4n) is 4.41. The van der Waals surface area contributed by atoms with Crippen molar-refractivity contribution in [1.82, 2.24) is 5.32 Å². The summed E-state index contributed by atoms with van der Waals surface area (Å²) < 4.78 is 18.3. The van der Waals surface area contributed by atoms with Crippen molar-refractivity contribution in [3.63, 3.8) is 0 Å². The average molecular weight is 426 g/mol. The topological polar surface area (TPSA) is 55.4 Å². The van der Waals surface area contributed by atoms with Crippen molar-refractivity contribution in [3.8, 4) is 0 Å². The third-order valence-corrected chi connectivity index (χ3v) is 6.13. The Morgan fingerprint density at radius 2 is 1.83 bits per heavy atom. The molecule has 1 heterocycles. The van der Waals surface area contributed by atoms with E-state index in [1.807, 2.05) is 18.2 Å². The van der Waals surface area contributed by atoms with Gasteiger partial charge in [0.1, 0.15) is 5.82 Å². The summed E-state index contributed by atoms with van der Waals surface area (Å²) in [5, 5.41) is 3.75. The van der Waals surface area contributed by atoms with E-state index in [0.29, 0.717) is 33.9 Å². The summed E-state index contributed by atoms with van der Waals surface area (Å²) in [4.78, 5) is 26.0. The van der Waals surface area contributed by atoms with Crippen molar-refractivity contribution in [1.29, 1.82) is 0 Å². The van der Waals surface area contributed by atoms with Crippen molar-refractivity contribution in [2.75, 3.05) is 7.11 Å². The van der Waals surface area contributed by atoms with E-state index < -0.39 is 11.9 Å². The zero-order valence-electron chi connectivity index (χ0n) is 16.7. The molecule has 0 fully saturated rings. The van der Waals surface area contributed by atoms with Crippen LogP contribution < -0.4 is 5.32 Å². The molecule has 154 valence electrons. The second kappa shape index (κ2) is 8.07. The second-order valence-corrected chi connectivity index (χ2v) is 7.99. The highest BCUT2D eigenvalue weighted by molar-refractivity contribution is 6.31. The fraction of sp³-hybridized carbons (Fsp3) is 0.250. The van der Waals surface area contributed by atoms with Crippen molar-refractivity contribution in [3.05, 3.63) is 93.0 Å². The molecule has 0 bridgehead atoms. The van der Waals surface area contributed by atoms with E-state index in [2.05, 4.69) is 5.32 Å². The number of ether oxygens (including phenoxy) is 1. The number of allylic oxidation sites excluding steroid dienone is 3. The quantitative estimate of drug-likeness (QED) is 0.702. The number of carbonyl (C=O) groups excluding carboxylic acids is 2. The molecule has 2 aromatic carbocycles. The molecule has 0 amide bonds. The third-order valence-electron chi connectivity index (χ3n) is 5.79. The zero-order chi connectivity index (χ0) is 21.4. The molecule has 1 N–H and O–H groups in total. The molecule has 0 saturated carbocycles. The van der Waals surface area contributed by atoms with E-state index in [0.717, 1.165) is 11.3 Å². The van der Waals surface area contributed by atoms with Crippen LogP contribution in [-0.2, 0) is 14.3 Å². The Labute approximate surface area is 179 Å².